The van der Waals surface area contributed by atoms with Crippen LogP contribution in [-0.4, -0.2) is 19.5 Å². The Hall–Kier alpha value is -7.95. The fourth-order valence-electron chi connectivity index (χ4n) is 8.35. The summed E-state index contributed by atoms with van der Waals surface area (Å²) < 4.78 is 2.36. The Bertz CT molecular complexity index is 3180. The van der Waals surface area contributed by atoms with Crippen LogP contribution in [0.3, 0.4) is 0 Å². The van der Waals surface area contributed by atoms with Gasteiger partial charge in [-0.05, 0) is 58.7 Å². The van der Waals surface area contributed by atoms with Gasteiger partial charge in [0.25, 0.3) is 0 Å². The van der Waals surface area contributed by atoms with E-state index in [2.05, 4.69) is 211 Å². The Morgan fingerprint density at radius 1 is 0.322 bits per heavy atom. The third kappa shape index (κ3) is 6.24. The molecular formula is C55H36N4. The molecule has 59 heavy (non-hydrogen) atoms. The van der Waals surface area contributed by atoms with Crippen molar-refractivity contribution in [2.24, 2.45) is 0 Å². The highest BCUT2D eigenvalue weighted by Crippen LogP contribution is 2.42. The van der Waals surface area contributed by atoms with Gasteiger partial charge < -0.3 is 4.57 Å². The zero-order chi connectivity index (χ0) is 39.1. The van der Waals surface area contributed by atoms with E-state index >= 15 is 0 Å². The number of benzene rings is 8. The molecule has 4 nitrogen and oxygen atoms in total. The lowest BCUT2D eigenvalue weighted by Crippen LogP contribution is -1.98. The molecule has 0 aliphatic heterocycles. The zero-order valence-corrected chi connectivity index (χ0v) is 32.1. The summed E-state index contributed by atoms with van der Waals surface area (Å²) in [6.07, 6.45) is 0. The lowest BCUT2D eigenvalue weighted by atomic mass is 10.00. The molecule has 3 heterocycles. The van der Waals surface area contributed by atoms with Gasteiger partial charge in [0.05, 0.1) is 33.6 Å². The van der Waals surface area contributed by atoms with Crippen molar-refractivity contribution in [3.05, 3.63) is 218 Å². The molecule has 11 aromatic rings. The lowest BCUT2D eigenvalue weighted by Gasteiger charge is -2.14. The second-order valence-electron chi connectivity index (χ2n) is 14.8. The van der Waals surface area contributed by atoms with E-state index in [0.29, 0.717) is 5.82 Å². The van der Waals surface area contributed by atoms with Crippen molar-refractivity contribution in [3.63, 3.8) is 0 Å². The first-order valence-corrected chi connectivity index (χ1v) is 19.9. The lowest BCUT2D eigenvalue weighted by molar-refractivity contribution is 1.17. The van der Waals surface area contributed by atoms with Crippen LogP contribution in [0.4, 0.5) is 0 Å². The first-order valence-electron chi connectivity index (χ1n) is 19.9. The summed E-state index contributed by atoms with van der Waals surface area (Å²) in [4.78, 5) is 16.0. The molecule has 0 spiro atoms. The first kappa shape index (κ1) is 34.3. The van der Waals surface area contributed by atoms with Crippen LogP contribution in [-0.2, 0) is 0 Å². The quantitative estimate of drug-likeness (QED) is 0.163. The van der Waals surface area contributed by atoms with Gasteiger partial charge in [-0.2, -0.15) is 0 Å². The van der Waals surface area contributed by atoms with E-state index in [-0.39, 0.29) is 0 Å². The minimum atomic E-state index is 0.652. The summed E-state index contributed by atoms with van der Waals surface area (Å²) in [5.74, 6) is 0.652. The van der Waals surface area contributed by atoms with E-state index in [1.165, 1.54) is 21.9 Å². The van der Waals surface area contributed by atoms with Crippen molar-refractivity contribution in [1.29, 1.82) is 0 Å². The highest BCUT2D eigenvalue weighted by molar-refractivity contribution is 6.23. The van der Waals surface area contributed by atoms with Crippen LogP contribution in [0.2, 0.25) is 0 Å². The Balaban J connectivity index is 1.10. The van der Waals surface area contributed by atoms with Gasteiger partial charge in [-0.1, -0.05) is 182 Å². The third-order valence-corrected chi connectivity index (χ3v) is 11.2. The largest absolute Gasteiger partial charge is 0.307 e. The summed E-state index contributed by atoms with van der Waals surface area (Å²) in [5, 5.41) is 3.51. The fraction of sp³-hybridized carbons (Fsp3) is 0. The molecule has 0 aliphatic rings. The van der Waals surface area contributed by atoms with Crippen LogP contribution in [0.25, 0.3) is 106 Å². The summed E-state index contributed by atoms with van der Waals surface area (Å²) in [7, 11) is 0. The van der Waals surface area contributed by atoms with E-state index in [4.69, 9.17) is 15.0 Å². The normalized spacial score (nSPS) is 11.4. The average molecular weight is 753 g/mol. The number of aromatic nitrogens is 4. The number of pyridine rings is 1. The van der Waals surface area contributed by atoms with Crippen LogP contribution >= 0.6 is 0 Å². The van der Waals surface area contributed by atoms with E-state index in [0.717, 1.165) is 78.1 Å². The fourth-order valence-corrected chi connectivity index (χ4v) is 8.35. The highest BCUT2D eigenvalue weighted by Gasteiger charge is 2.21. The van der Waals surface area contributed by atoms with Gasteiger partial charge >= 0.3 is 0 Å². The molecule has 0 aliphatic carbocycles. The minimum absolute atomic E-state index is 0.652. The maximum Gasteiger partial charge on any atom is 0.160 e. The van der Waals surface area contributed by atoms with Crippen molar-refractivity contribution in [3.8, 4) is 73.1 Å². The van der Waals surface area contributed by atoms with Crippen LogP contribution in [0.1, 0.15) is 0 Å². The summed E-state index contributed by atoms with van der Waals surface area (Å²) in [6.45, 7) is 0. The number of fused-ring (bicyclic) bond motifs is 5. The van der Waals surface area contributed by atoms with Gasteiger partial charge in [0.1, 0.15) is 0 Å². The molecular weight excluding hydrogens is 717 g/mol. The molecule has 0 amide bonds. The molecule has 3 aromatic heterocycles. The van der Waals surface area contributed by atoms with Crippen LogP contribution in [0, 0.1) is 0 Å². The SMILES string of the molecule is c1ccc(-c2ccc(-c3cc(-c4ccc(-c5ccccc5)cc4)nc(-c4cccc(-c5nc6ccccc6c6c7ccccc7n(-c7ccccc7)c56)c4)n3)cc2)cc1. The molecule has 11 rings (SSSR count). The topological polar surface area (TPSA) is 43.6 Å². The molecule has 0 N–H and O–H groups in total. The van der Waals surface area contributed by atoms with E-state index in [1.54, 1.807) is 0 Å². The molecule has 0 unspecified atom stereocenters. The Kier molecular flexibility index (Phi) is 8.45. The molecule has 0 radical (unpaired) electrons. The molecule has 0 bridgehead atoms. The number of hydrogen-bond acceptors (Lipinski definition) is 3. The van der Waals surface area contributed by atoms with Gasteiger partial charge in [0.15, 0.2) is 5.82 Å². The van der Waals surface area contributed by atoms with E-state index < -0.39 is 0 Å². The number of rotatable bonds is 7. The van der Waals surface area contributed by atoms with Crippen LogP contribution < -0.4 is 0 Å². The highest BCUT2D eigenvalue weighted by atomic mass is 15.0. The van der Waals surface area contributed by atoms with Gasteiger partial charge in [-0.3, -0.25) is 0 Å². The smallest absolute Gasteiger partial charge is 0.160 e. The Morgan fingerprint density at radius 3 is 1.42 bits per heavy atom. The van der Waals surface area contributed by atoms with Crippen LogP contribution in [0.5, 0.6) is 0 Å². The van der Waals surface area contributed by atoms with Crippen molar-refractivity contribution in [1.82, 2.24) is 19.5 Å². The first-order chi connectivity index (χ1) is 29.2. The number of para-hydroxylation sites is 3. The predicted octanol–water partition coefficient (Wildman–Crippen LogP) is 14.1. The van der Waals surface area contributed by atoms with Gasteiger partial charge in [-0.15, -0.1) is 0 Å². The monoisotopic (exact) mass is 752 g/mol. The average Bonchev–Trinajstić information content (AvgIpc) is 3.68. The molecule has 0 saturated heterocycles. The van der Waals surface area contributed by atoms with Crippen LogP contribution in [0.15, 0.2) is 218 Å². The van der Waals surface area contributed by atoms with Gasteiger partial charge in [0, 0.05) is 44.1 Å². The van der Waals surface area contributed by atoms with Crippen molar-refractivity contribution < 1.29 is 0 Å². The van der Waals surface area contributed by atoms with Crippen molar-refractivity contribution in [2.45, 2.75) is 0 Å². The molecule has 4 heteroatoms. The third-order valence-electron chi connectivity index (χ3n) is 11.2. The van der Waals surface area contributed by atoms with Gasteiger partial charge in [0.2, 0.25) is 0 Å². The Morgan fingerprint density at radius 2 is 0.797 bits per heavy atom. The summed E-state index contributed by atoms with van der Waals surface area (Å²) in [6, 6.07) is 76.6. The molecule has 276 valence electrons. The van der Waals surface area contributed by atoms with Gasteiger partial charge in [-0.25, -0.2) is 15.0 Å². The second-order valence-corrected chi connectivity index (χ2v) is 14.8. The second kappa shape index (κ2) is 14.5. The summed E-state index contributed by atoms with van der Waals surface area (Å²) in [5.41, 5.74) is 15.5. The molecule has 0 fully saturated rings. The number of nitrogens with zero attached hydrogens (tertiary/aromatic N) is 4. The molecule has 8 aromatic carbocycles. The molecule has 0 saturated carbocycles. The predicted molar refractivity (Wildman–Crippen MR) is 244 cm³/mol. The maximum atomic E-state index is 5.42. The van der Waals surface area contributed by atoms with E-state index in [1.807, 2.05) is 12.1 Å². The number of hydrogen-bond donors (Lipinski definition) is 0. The minimum Gasteiger partial charge on any atom is -0.307 e. The van der Waals surface area contributed by atoms with Crippen molar-refractivity contribution in [2.75, 3.05) is 0 Å². The standard InChI is InChI=1S/C55H36N4/c1-4-15-37(16-5-1)39-27-31-41(32-28-39)49-36-50(42-33-29-40(30-34-42)38-17-6-2-7-18-38)58-55(57-49)44-20-14-19-43(35-44)53-54-52(46-23-10-12-25-48(46)56-53)47-24-11-13-26-51(47)59(54)45-21-8-3-9-22-45/h1-36H. The molecule has 0 atom stereocenters. The van der Waals surface area contributed by atoms with Crippen molar-refractivity contribution >= 4 is 32.7 Å². The zero-order valence-electron chi connectivity index (χ0n) is 32.1. The summed E-state index contributed by atoms with van der Waals surface area (Å²) >= 11 is 0. The maximum absolute atomic E-state index is 5.42. The van der Waals surface area contributed by atoms with E-state index in [9.17, 15) is 0 Å². The Labute approximate surface area is 342 Å².